The van der Waals surface area contributed by atoms with Crippen LogP contribution in [0.1, 0.15) is 84.5 Å². The van der Waals surface area contributed by atoms with Crippen molar-refractivity contribution in [3.05, 3.63) is 0 Å². The molecule has 0 radical (unpaired) electrons. The molecule has 0 saturated heterocycles. The second-order valence-electron chi connectivity index (χ2n) is 6.72. The Kier molecular flexibility index (Phi) is 10.4. The van der Waals surface area contributed by atoms with Gasteiger partial charge in [0.15, 0.2) is 0 Å². The van der Waals surface area contributed by atoms with E-state index in [1.54, 1.807) is 0 Å². The molecule has 0 amide bonds. The van der Waals surface area contributed by atoms with Crippen LogP contribution >= 0.6 is 0 Å². The fourth-order valence-electron chi connectivity index (χ4n) is 3.56. The van der Waals surface area contributed by atoms with Crippen LogP contribution in [0.4, 0.5) is 0 Å². The van der Waals surface area contributed by atoms with Gasteiger partial charge in [-0.25, -0.2) is 0 Å². The number of hydrogen-bond donors (Lipinski definition) is 1. The van der Waals surface area contributed by atoms with Gasteiger partial charge in [0.1, 0.15) is 0 Å². The zero-order valence-corrected chi connectivity index (χ0v) is 13.8. The topological polar surface area (TPSA) is 29.5 Å². The largest absolute Gasteiger partial charge is 0.394 e. The Morgan fingerprint density at radius 2 is 1.70 bits per heavy atom. The second kappa shape index (κ2) is 11.6. The number of ether oxygens (including phenoxy) is 1. The van der Waals surface area contributed by atoms with Crippen LogP contribution < -0.4 is 0 Å². The summed E-state index contributed by atoms with van der Waals surface area (Å²) in [5, 5.41) is 8.93. The average molecular weight is 284 g/mol. The van der Waals surface area contributed by atoms with Gasteiger partial charge in [-0.1, -0.05) is 58.8 Å². The van der Waals surface area contributed by atoms with Crippen LogP contribution in [0.25, 0.3) is 0 Å². The van der Waals surface area contributed by atoms with Crippen LogP contribution in [0, 0.1) is 11.8 Å². The van der Waals surface area contributed by atoms with Gasteiger partial charge in [0.25, 0.3) is 0 Å². The van der Waals surface area contributed by atoms with E-state index < -0.39 is 0 Å². The lowest BCUT2D eigenvalue weighted by Crippen LogP contribution is -2.31. The molecule has 1 saturated carbocycles. The van der Waals surface area contributed by atoms with Gasteiger partial charge in [0.2, 0.25) is 0 Å². The van der Waals surface area contributed by atoms with Crippen molar-refractivity contribution in [1.82, 2.24) is 0 Å². The normalized spacial score (nSPS) is 26.9. The average Bonchev–Trinajstić information content (AvgIpc) is 2.45. The molecular weight excluding hydrogens is 248 g/mol. The molecule has 0 aliphatic heterocycles. The van der Waals surface area contributed by atoms with Crippen molar-refractivity contribution in [2.75, 3.05) is 13.2 Å². The lowest BCUT2D eigenvalue weighted by Gasteiger charge is -2.34. The first-order valence-electron chi connectivity index (χ1n) is 9.00. The molecule has 20 heavy (non-hydrogen) atoms. The minimum absolute atomic E-state index is 0.163. The van der Waals surface area contributed by atoms with Crippen LogP contribution in [-0.4, -0.2) is 24.4 Å². The second-order valence-corrected chi connectivity index (χ2v) is 6.72. The van der Waals surface area contributed by atoms with Crippen molar-refractivity contribution < 1.29 is 9.84 Å². The summed E-state index contributed by atoms with van der Waals surface area (Å²) in [6.45, 7) is 5.33. The molecule has 0 bridgehead atoms. The molecule has 1 rings (SSSR count). The summed E-state index contributed by atoms with van der Waals surface area (Å²) in [6.07, 6.45) is 15.3. The van der Waals surface area contributed by atoms with Crippen molar-refractivity contribution in [2.45, 2.75) is 90.6 Å². The van der Waals surface area contributed by atoms with Crippen LogP contribution in [-0.2, 0) is 4.74 Å². The summed E-state index contributed by atoms with van der Waals surface area (Å²) in [7, 11) is 0. The van der Waals surface area contributed by atoms with Crippen molar-refractivity contribution in [3.63, 3.8) is 0 Å². The Morgan fingerprint density at radius 1 is 1.00 bits per heavy atom. The molecule has 0 heterocycles. The molecule has 1 N–H and O–H groups in total. The highest BCUT2D eigenvalue weighted by atomic mass is 16.5. The third-order valence-corrected chi connectivity index (χ3v) is 4.78. The fourth-order valence-corrected chi connectivity index (χ4v) is 3.56. The molecule has 2 heteroatoms. The molecule has 1 aliphatic rings. The van der Waals surface area contributed by atoms with Crippen LogP contribution in [0.3, 0.4) is 0 Å². The molecule has 0 aromatic carbocycles. The summed E-state index contributed by atoms with van der Waals surface area (Å²) < 4.78 is 5.85. The van der Waals surface area contributed by atoms with E-state index in [9.17, 15) is 0 Å². The van der Waals surface area contributed by atoms with Crippen molar-refractivity contribution in [3.8, 4) is 0 Å². The van der Waals surface area contributed by atoms with Crippen LogP contribution in [0.15, 0.2) is 0 Å². The van der Waals surface area contributed by atoms with E-state index in [-0.39, 0.29) is 6.61 Å². The number of rotatable bonds is 11. The van der Waals surface area contributed by atoms with Gasteiger partial charge in [-0.2, -0.15) is 0 Å². The lowest BCUT2D eigenvalue weighted by molar-refractivity contribution is -0.0366. The smallest absolute Gasteiger partial charge is 0.0701 e. The van der Waals surface area contributed by atoms with E-state index in [4.69, 9.17) is 9.84 Å². The highest BCUT2D eigenvalue weighted by molar-refractivity contribution is 4.79. The minimum atomic E-state index is 0.163. The highest BCUT2D eigenvalue weighted by Gasteiger charge is 2.28. The Hall–Kier alpha value is -0.0800. The van der Waals surface area contributed by atoms with Gasteiger partial charge in [-0.15, -0.1) is 0 Å². The van der Waals surface area contributed by atoms with Crippen molar-refractivity contribution in [2.24, 2.45) is 11.8 Å². The SMILES string of the molecule is CCCCCCCCCC1CC(C)CCC1OCCO. The van der Waals surface area contributed by atoms with E-state index in [1.807, 2.05) is 0 Å². The molecule has 3 atom stereocenters. The molecule has 2 nitrogen and oxygen atoms in total. The van der Waals surface area contributed by atoms with Crippen molar-refractivity contribution in [1.29, 1.82) is 0 Å². The summed E-state index contributed by atoms with van der Waals surface area (Å²) in [4.78, 5) is 0. The maximum atomic E-state index is 8.93. The minimum Gasteiger partial charge on any atom is -0.394 e. The first-order valence-corrected chi connectivity index (χ1v) is 9.00. The number of aliphatic hydroxyl groups excluding tert-OH is 1. The Balaban J connectivity index is 2.13. The van der Waals surface area contributed by atoms with Gasteiger partial charge < -0.3 is 9.84 Å². The Morgan fingerprint density at radius 3 is 2.40 bits per heavy atom. The molecule has 0 spiro atoms. The first kappa shape index (κ1) is 18.0. The third-order valence-electron chi connectivity index (χ3n) is 4.78. The van der Waals surface area contributed by atoms with E-state index in [0.717, 1.165) is 11.8 Å². The number of aliphatic hydroxyl groups is 1. The quantitative estimate of drug-likeness (QED) is 0.544. The maximum Gasteiger partial charge on any atom is 0.0701 e. The van der Waals surface area contributed by atoms with Crippen molar-refractivity contribution >= 4 is 0 Å². The van der Waals surface area contributed by atoms with E-state index in [0.29, 0.717) is 12.7 Å². The van der Waals surface area contributed by atoms with E-state index >= 15 is 0 Å². The molecule has 0 aromatic rings. The Bertz CT molecular complexity index is 215. The van der Waals surface area contributed by atoms with Gasteiger partial charge >= 0.3 is 0 Å². The van der Waals surface area contributed by atoms with E-state index in [2.05, 4.69) is 13.8 Å². The third kappa shape index (κ3) is 7.64. The number of hydrogen-bond acceptors (Lipinski definition) is 2. The van der Waals surface area contributed by atoms with Gasteiger partial charge in [0.05, 0.1) is 19.3 Å². The highest BCUT2D eigenvalue weighted by Crippen LogP contribution is 2.34. The lowest BCUT2D eigenvalue weighted by atomic mass is 9.78. The predicted octanol–water partition coefficient (Wildman–Crippen LogP) is 4.94. The monoisotopic (exact) mass is 284 g/mol. The standard InChI is InChI=1S/C18H36O2/c1-3-4-5-6-7-8-9-10-17-15-16(2)11-12-18(17)20-14-13-19/h16-19H,3-15H2,1-2H3. The fraction of sp³-hybridized carbons (Fsp3) is 1.00. The van der Waals surface area contributed by atoms with Crippen LogP contribution in [0.5, 0.6) is 0 Å². The molecule has 1 aliphatic carbocycles. The first-order chi connectivity index (χ1) is 9.77. The summed E-state index contributed by atoms with van der Waals surface area (Å²) >= 11 is 0. The molecule has 3 unspecified atom stereocenters. The molecule has 120 valence electrons. The number of unbranched alkanes of at least 4 members (excludes halogenated alkanes) is 6. The molecule has 1 fully saturated rings. The van der Waals surface area contributed by atoms with Gasteiger partial charge in [0, 0.05) is 0 Å². The van der Waals surface area contributed by atoms with Crippen LogP contribution in [0.2, 0.25) is 0 Å². The predicted molar refractivity (Wildman–Crippen MR) is 85.9 cm³/mol. The zero-order valence-electron chi connectivity index (χ0n) is 13.8. The Labute approximate surface area is 126 Å². The summed E-state index contributed by atoms with van der Waals surface area (Å²) in [5.74, 6) is 1.60. The van der Waals surface area contributed by atoms with Gasteiger partial charge in [-0.3, -0.25) is 0 Å². The van der Waals surface area contributed by atoms with E-state index in [1.165, 1.54) is 70.6 Å². The summed E-state index contributed by atoms with van der Waals surface area (Å²) in [6, 6.07) is 0. The molecule has 0 aromatic heterocycles. The maximum absolute atomic E-state index is 8.93. The van der Waals surface area contributed by atoms with Gasteiger partial charge in [-0.05, 0) is 37.5 Å². The summed E-state index contributed by atoms with van der Waals surface area (Å²) in [5.41, 5.74) is 0. The molecular formula is C18H36O2. The zero-order chi connectivity index (χ0) is 14.6.